The Morgan fingerprint density at radius 3 is 1.56 bits per heavy atom. The SMILES string of the molecule is NC(=O)C[C@H](NC(=O)[C@@H](N)CCCN=C(N)N)C(=O)N[C@@H](Cc1ccc(O)cc1)C(=O)N[C@@H](CO)C(=O)N[C@@H](CO)C(=O)N[C@@H](CO)C(=O)O. The van der Waals surface area contributed by atoms with E-state index in [4.69, 9.17) is 33.1 Å². The summed E-state index contributed by atoms with van der Waals surface area (Å²) in [6.07, 6.45) is -0.622. The first-order chi connectivity index (χ1) is 23.5. The highest BCUT2D eigenvalue weighted by atomic mass is 16.4. The molecule has 18 N–H and O–H groups in total. The van der Waals surface area contributed by atoms with Crippen molar-refractivity contribution in [3.8, 4) is 5.75 Å². The van der Waals surface area contributed by atoms with Gasteiger partial charge in [0.15, 0.2) is 5.96 Å². The Hall–Kier alpha value is -5.58. The van der Waals surface area contributed by atoms with Crippen LogP contribution in [0, 0.1) is 0 Å². The highest BCUT2D eigenvalue weighted by Gasteiger charge is 2.33. The molecule has 0 unspecified atom stereocenters. The summed E-state index contributed by atoms with van der Waals surface area (Å²) in [5, 5.41) is 57.9. The van der Waals surface area contributed by atoms with Crippen molar-refractivity contribution < 1.29 is 59.1 Å². The zero-order chi connectivity index (χ0) is 38.0. The number of primary amides is 1. The van der Waals surface area contributed by atoms with Gasteiger partial charge in [-0.25, -0.2) is 4.79 Å². The molecule has 0 aliphatic rings. The van der Waals surface area contributed by atoms with Crippen LogP contribution in [0.2, 0.25) is 0 Å². The van der Waals surface area contributed by atoms with Crippen LogP contribution in [0.5, 0.6) is 5.75 Å². The van der Waals surface area contributed by atoms with E-state index >= 15 is 0 Å². The Morgan fingerprint density at radius 1 is 0.660 bits per heavy atom. The predicted molar refractivity (Wildman–Crippen MR) is 172 cm³/mol. The quantitative estimate of drug-likeness (QED) is 0.0302. The molecule has 6 amide bonds. The van der Waals surface area contributed by atoms with Crippen LogP contribution in [0.15, 0.2) is 29.3 Å². The van der Waals surface area contributed by atoms with Gasteiger partial charge in [0.05, 0.1) is 32.3 Å². The number of aromatic hydroxyl groups is 1. The van der Waals surface area contributed by atoms with Crippen LogP contribution in [-0.4, -0.2) is 136 Å². The number of amides is 6. The number of phenols is 1. The molecule has 0 aliphatic heterocycles. The maximum atomic E-state index is 13.4. The maximum absolute atomic E-state index is 13.4. The summed E-state index contributed by atoms with van der Waals surface area (Å²) in [5.41, 5.74) is 22.0. The van der Waals surface area contributed by atoms with E-state index in [1.165, 1.54) is 24.3 Å². The lowest BCUT2D eigenvalue weighted by Crippen LogP contribution is -2.61. The molecule has 0 bridgehead atoms. The third-order valence-electron chi connectivity index (χ3n) is 6.78. The van der Waals surface area contributed by atoms with Gasteiger partial charge in [0.1, 0.15) is 36.0 Å². The number of hydrogen-bond acceptors (Lipinski definition) is 13. The van der Waals surface area contributed by atoms with Crippen molar-refractivity contribution in [3.63, 3.8) is 0 Å². The average Bonchev–Trinajstić information content (AvgIpc) is 3.06. The van der Waals surface area contributed by atoms with E-state index in [1.807, 2.05) is 10.6 Å². The molecular weight excluding hydrogens is 668 g/mol. The number of guanidine groups is 1. The summed E-state index contributed by atoms with van der Waals surface area (Å²) < 4.78 is 0. The normalized spacial score (nSPS) is 14.3. The molecular formula is C28H44N10O12. The average molecular weight is 713 g/mol. The number of carbonyl (C=O) groups excluding carboxylic acids is 6. The molecule has 278 valence electrons. The summed E-state index contributed by atoms with van der Waals surface area (Å²) in [6.45, 7) is -2.95. The fourth-order valence-corrected chi connectivity index (χ4v) is 4.08. The molecule has 0 aliphatic carbocycles. The van der Waals surface area contributed by atoms with Crippen molar-refractivity contribution in [2.45, 2.75) is 61.9 Å². The highest BCUT2D eigenvalue weighted by Crippen LogP contribution is 2.12. The van der Waals surface area contributed by atoms with Gasteiger partial charge in [0.25, 0.3) is 0 Å². The van der Waals surface area contributed by atoms with Gasteiger partial charge in [-0.1, -0.05) is 12.1 Å². The van der Waals surface area contributed by atoms with Crippen molar-refractivity contribution in [2.75, 3.05) is 26.4 Å². The number of carboxylic acid groups (broad SMARTS) is 1. The maximum Gasteiger partial charge on any atom is 0.328 e. The van der Waals surface area contributed by atoms with E-state index in [0.29, 0.717) is 12.0 Å². The molecule has 1 aromatic rings. The van der Waals surface area contributed by atoms with Crippen molar-refractivity contribution >= 4 is 47.4 Å². The van der Waals surface area contributed by atoms with Crippen LogP contribution in [-0.2, 0) is 40.0 Å². The summed E-state index contributed by atoms with van der Waals surface area (Å²) in [4.78, 5) is 91.4. The van der Waals surface area contributed by atoms with E-state index in [2.05, 4.69) is 20.9 Å². The number of nitrogens with one attached hydrogen (secondary N) is 5. The molecule has 0 radical (unpaired) electrons. The molecule has 0 fully saturated rings. The molecule has 0 saturated carbocycles. The number of rotatable bonds is 22. The van der Waals surface area contributed by atoms with Crippen molar-refractivity contribution in [1.82, 2.24) is 26.6 Å². The third-order valence-corrected chi connectivity index (χ3v) is 6.78. The first-order valence-electron chi connectivity index (χ1n) is 15.0. The standard InChI is InChI=1S/C28H44N10O12/c29-15(2-1-7-33-28(31)32)22(44)34-17(9-21(30)43)24(46)35-16(8-13-3-5-14(42)6-4-13)23(45)36-18(10-39)25(47)37-19(11-40)26(48)38-20(12-41)27(49)50/h3-6,15-20,39-42H,1-2,7-12,29H2,(H2,30,43)(H,34,44)(H,35,46)(H,36,45)(H,37,47)(H,38,48)(H,49,50)(H4,31,32,33)/t15-,16-,17-,18-,19-,20-/m0/s1. The van der Waals surface area contributed by atoms with Gasteiger partial charge in [-0.15, -0.1) is 0 Å². The fraction of sp³-hybridized carbons (Fsp3) is 0.500. The van der Waals surface area contributed by atoms with Crippen molar-refractivity contribution in [1.29, 1.82) is 0 Å². The number of aliphatic imine (C=N–C) groups is 1. The number of nitrogens with two attached hydrogens (primary N) is 4. The Bertz CT molecular complexity index is 1370. The second-order valence-corrected chi connectivity index (χ2v) is 10.8. The zero-order valence-electron chi connectivity index (χ0n) is 26.8. The number of aliphatic carboxylic acids is 1. The monoisotopic (exact) mass is 712 g/mol. The first kappa shape index (κ1) is 42.4. The smallest absolute Gasteiger partial charge is 0.328 e. The molecule has 6 atom stereocenters. The van der Waals surface area contributed by atoms with E-state index in [9.17, 15) is 48.9 Å². The fourth-order valence-electron chi connectivity index (χ4n) is 4.08. The number of phenolic OH excluding ortho intramolecular Hbond substituents is 1. The van der Waals surface area contributed by atoms with Gasteiger partial charge in [-0.3, -0.25) is 33.8 Å². The number of benzene rings is 1. The lowest BCUT2D eigenvalue weighted by molar-refractivity contribution is -0.143. The summed E-state index contributed by atoms with van der Waals surface area (Å²) in [6, 6.07) is -4.29. The zero-order valence-corrected chi connectivity index (χ0v) is 26.8. The largest absolute Gasteiger partial charge is 0.508 e. The molecule has 0 heterocycles. The van der Waals surface area contributed by atoms with E-state index in [0.717, 1.165) is 0 Å². The van der Waals surface area contributed by atoms with Crippen LogP contribution in [0.1, 0.15) is 24.8 Å². The van der Waals surface area contributed by atoms with E-state index < -0.39 is 104 Å². The minimum Gasteiger partial charge on any atom is -0.508 e. The number of nitrogens with zero attached hydrogens (tertiary/aromatic N) is 1. The van der Waals surface area contributed by atoms with Gasteiger partial charge in [-0.2, -0.15) is 0 Å². The molecule has 0 saturated heterocycles. The molecule has 0 spiro atoms. The molecule has 1 aromatic carbocycles. The summed E-state index contributed by atoms with van der Waals surface area (Å²) in [5.74, 6) is -8.31. The number of carboxylic acids is 1. The second kappa shape index (κ2) is 21.4. The van der Waals surface area contributed by atoms with Gasteiger partial charge < -0.3 is 75.1 Å². The summed E-state index contributed by atoms with van der Waals surface area (Å²) >= 11 is 0. The molecule has 22 nitrogen and oxygen atoms in total. The lowest BCUT2D eigenvalue weighted by atomic mass is 10.0. The van der Waals surface area contributed by atoms with Crippen molar-refractivity contribution in [2.24, 2.45) is 27.9 Å². The number of aliphatic hydroxyl groups is 3. The molecule has 22 heteroatoms. The molecule has 50 heavy (non-hydrogen) atoms. The summed E-state index contributed by atoms with van der Waals surface area (Å²) in [7, 11) is 0. The van der Waals surface area contributed by atoms with E-state index in [-0.39, 0.29) is 31.1 Å². The van der Waals surface area contributed by atoms with Crippen LogP contribution in [0.3, 0.4) is 0 Å². The van der Waals surface area contributed by atoms with E-state index in [1.54, 1.807) is 0 Å². The van der Waals surface area contributed by atoms with Gasteiger partial charge >= 0.3 is 5.97 Å². The minimum absolute atomic E-state index is 0.0877. The van der Waals surface area contributed by atoms with Crippen LogP contribution in [0.4, 0.5) is 0 Å². The highest BCUT2D eigenvalue weighted by molar-refractivity contribution is 5.97. The van der Waals surface area contributed by atoms with Crippen LogP contribution < -0.4 is 49.5 Å². The molecule has 0 aromatic heterocycles. The Balaban J connectivity index is 3.18. The number of hydrogen-bond donors (Lipinski definition) is 14. The third kappa shape index (κ3) is 15.1. The molecule has 1 rings (SSSR count). The Kier molecular flexibility index (Phi) is 18.2. The van der Waals surface area contributed by atoms with Crippen molar-refractivity contribution in [3.05, 3.63) is 29.8 Å². The predicted octanol–water partition coefficient (Wildman–Crippen LogP) is -7.32. The number of carbonyl (C=O) groups is 7. The van der Waals surface area contributed by atoms with Gasteiger partial charge in [-0.05, 0) is 30.5 Å². The second-order valence-electron chi connectivity index (χ2n) is 10.8. The van der Waals surface area contributed by atoms with Gasteiger partial charge in [0.2, 0.25) is 35.4 Å². The Labute approximate surface area is 285 Å². The lowest BCUT2D eigenvalue weighted by Gasteiger charge is -2.26. The Morgan fingerprint density at radius 2 is 1.10 bits per heavy atom. The number of aliphatic hydroxyl groups excluding tert-OH is 3. The van der Waals surface area contributed by atoms with Gasteiger partial charge in [0, 0.05) is 13.0 Å². The topological polar surface area (TPSA) is 397 Å². The van der Waals surface area contributed by atoms with Crippen LogP contribution >= 0.6 is 0 Å². The first-order valence-corrected chi connectivity index (χ1v) is 15.0. The van der Waals surface area contributed by atoms with Crippen LogP contribution in [0.25, 0.3) is 0 Å². The minimum atomic E-state index is -1.80.